The van der Waals surface area contributed by atoms with Crippen LogP contribution in [0.2, 0.25) is 0 Å². The van der Waals surface area contributed by atoms with Crippen LogP contribution in [-0.2, 0) is 9.63 Å². The molecule has 0 spiro atoms. The summed E-state index contributed by atoms with van der Waals surface area (Å²) in [6.45, 7) is 4.72. The lowest BCUT2D eigenvalue weighted by Crippen LogP contribution is -2.15. The summed E-state index contributed by atoms with van der Waals surface area (Å²) in [7, 11) is 0. The lowest BCUT2D eigenvalue weighted by molar-refractivity contribution is -0.171. The van der Waals surface area contributed by atoms with E-state index in [-0.39, 0.29) is 5.57 Å². The van der Waals surface area contributed by atoms with E-state index in [4.69, 9.17) is 5.21 Å². The minimum Gasteiger partial charge on any atom is -0.341 e. The number of hydrogen-bond donors (Lipinski definition) is 2. The Balaban J connectivity index is 3.49. The molecule has 0 aliphatic rings. The molecule has 0 fully saturated rings. The fraction of sp³-hybridized carbons (Fsp3) is 0.250. The first kappa shape index (κ1) is 7.13. The molecule has 8 heavy (non-hydrogen) atoms. The molecule has 0 saturated heterocycles. The Morgan fingerprint density at radius 3 is 2.50 bits per heavy atom. The highest BCUT2D eigenvalue weighted by Gasteiger charge is 1.99. The van der Waals surface area contributed by atoms with Gasteiger partial charge in [0.15, 0.2) is 0 Å². The van der Waals surface area contributed by atoms with Crippen LogP contribution in [0.15, 0.2) is 12.2 Å². The van der Waals surface area contributed by atoms with Crippen molar-refractivity contribution < 1.29 is 14.8 Å². The molecule has 0 aliphatic heterocycles. The molecule has 0 aliphatic carbocycles. The van der Waals surface area contributed by atoms with E-state index >= 15 is 0 Å². The predicted octanol–water partition coefficient (Wildman–Crippen LogP) is -0.000500. The molecule has 4 heteroatoms. The number of nitrogens with one attached hydrogen (secondary N) is 1. The lowest BCUT2D eigenvalue weighted by Gasteiger charge is -1.95. The Morgan fingerprint density at radius 1 is 1.88 bits per heavy atom. The highest BCUT2D eigenvalue weighted by Crippen LogP contribution is 1.86. The molecular formula is C4H7NO3. The molecule has 0 aromatic rings. The molecule has 0 atom stereocenters. The third kappa shape index (κ3) is 2.33. The maximum absolute atomic E-state index is 10.2. The summed E-state index contributed by atoms with van der Waals surface area (Å²) in [6.07, 6.45) is 0. The second-order valence-electron chi connectivity index (χ2n) is 1.26. The average molecular weight is 117 g/mol. The highest BCUT2D eigenvalue weighted by molar-refractivity contribution is 5.86. The van der Waals surface area contributed by atoms with Gasteiger partial charge in [0.1, 0.15) is 0 Å². The standard InChI is InChI=1S/C4H7NO3/c1-3(2)4(6)8-5-7/h5,7H,1H2,2H3. The quantitative estimate of drug-likeness (QED) is 0.395. The zero-order valence-electron chi connectivity index (χ0n) is 4.47. The number of carbonyl (C=O) groups excluding carboxylic acids is 1. The molecule has 0 bridgehead atoms. The van der Waals surface area contributed by atoms with Gasteiger partial charge in [0, 0.05) is 5.57 Å². The first-order chi connectivity index (χ1) is 3.68. The first-order valence-corrected chi connectivity index (χ1v) is 1.94. The van der Waals surface area contributed by atoms with Gasteiger partial charge < -0.3 is 4.84 Å². The van der Waals surface area contributed by atoms with Crippen LogP contribution in [0.4, 0.5) is 0 Å². The van der Waals surface area contributed by atoms with Gasteiger partial charge in [0.2, 0.25) is 0 Å². The Bertz CT molecular complexity index is 110. The third-order valence-electron chi connectivity index (χ3n) is 0.487. The number of carbonyl (C=O) groups is 1. The number of hydrogen-bond acceptors (Lipinski definition) is 4. The van der Waals surface area contributed by atoms with Gasteiger partial charge in [0.25, 0.3) is 0 Å². The average Bonchev–Trinajstić information content (AvgIpc) is 1.67. The lowest BCUT2D eigenvalue weighted by atomic mass is 10.4. The van der Waals surface area contributed by atoms with Crippen molar-refractivity contribution in [2.24, 2.45) is 0 Å². The van der Waals surface area contributed by atoms with Crippen molar-refractivity contribution in [1.29, 1.82) is 0 Å². The van der Waals surface area contributed by atoms with Crippen LogP contribution in [-0.4, -0.2) is 11.2 Å². The molecule has 46 valence electrons. The van der Waals surface area contributed by atoms with Crippen LogP contribution in [0.1, 0.15) is 6.92 Å². The van der Waals surface area contributed by atoms with Gasteiger partial charge in [-0.05, 0) is 12.6 Å². The molecule has 0 aromatic carbocycles. The molecule has 0 amide bonds. The molecule has 0 heterocycles. The smallest absolute Gasteiger partial charge is 0.341 e. The predicted molar refractivity (Wildman–Crippen MR) is 25.8 cm³/mol. The van der Waals surface area contributed by atoms with E-state index < -0.39 is 5.97 Å². The normalized spacial score (nSPS) is 8.25. The Kier molecular flexibility index (Phi) is 2.83. The minimum absolute atomic E-state index is 0.228. The van der Waals surface area contributed by atoms with Crippen molar-refractivity contribution in [3.8, 4) is 0 Å². The number of rotatable bonds is 2. The Morgan fingerprint density at radius 2 is 2.38 bits per heavy atom. The molecule has 0 radical (unpaired) electrons. The van der Waals surface area contributed by atoms with Crippen molar-refractivity contribution in [3.63, 3.8) is 0 Å². The third-order valence-corrected chi connectivity index (χ3v) is 0.487. The summed E-state index contributed by atoms with van der Waals surface area (Å²) in [5.74, 6) is -0.674. The van der Waals surface area contributed by atoms with Crippen molar-refractivity contribution in [3.05, 3.63) is 12.2 Å². The van der Waals surface area contributed by atoms with E-state index in [1.165, 1.54) is 12.6 Å². The fourth-order valence-corrected chi connectivity index (χ4v) is 0.129. The Labute approximate surface area is 46.7 Å². The summed E-state index contributed by atoms with van der Waals surface area (Å²) in [4.78, 5) is 14.1. The van der Waals surface area contributed by atoms with Crippen LogP contribution in [0.3, 0.4) is 0 Å². The first-order valence-electron chi connectivity index (χ1n) is 1.94. The molecule has 2 N–H and O–H groups in total. The van der Waals surface area contributed by atoms with Gasteiger partial charge >= 0.3 is 5.97 Å². The molecular weight excluding hydrogens is 110 g/mol. The van der Waals surface area contributed by atoms with Crippen LogP contribution in [0.25, 0.3) is 0 Å². The molecule has 4 nitrogen and oxygen atoms in total. The largest absolute Gasteiger partial charge is 0.354 e. The summed E-state index contributed by atoms with van der Waals surface area (Å²) < 4.78 is 0. The van der Waals surface area contributed by atoms with Crippen LogP contribution in [0.5, 0.6) is 0 Å². The topological polar surface area (TPSA) is 58.6 Å². The van der Waals surface area contributed by atoms with Crippen molar-refractivity contribution >= 4 is 5.97 Å². The van der Waals surface area contributed by atoms with Crippen LogP contribution < -0.4 is 5.64 Å². The summed E-state index contributed by atoms with van der Waals surface area (Å²) >= 11 is 0. The van der Waals surface area contributed by atoms with Gasteiger partial charge in [-0.3, -0.25) is 5.21 Å². The monoisotopic (exact) mass is 117 g/mol. The van der Waals surface area contributed by atoms with Gasteiger partial charge in [-0.15, -0.1) is 0 Å². The van der Waals surface area contributed by atoms with E-state index in [0.717, 1.165) is 0 Å². The second-order valence-corrected chi connectivity index (χ2v) is 1.26. The zero-order valence-corrected chi connectivity index (χ0v) is 4.47. The van der Waals surface area contributed by atoms with E-state index in [0.29, 0.717) is 0 Å². The van der Waals surface area contributed by atoms with E-state index in [1.54, 1.807) is 0 Å². The van der Waals surface area contributed by atoms with Gasteiger partial charge in [-0.1, -0.05) is 6.58 Å². The summed E-state index contributed by atoms with van der Waals surface area (Å²) in [5.41, 5.74) is 1.47. The molecule has 0 unspecified atom stereocenters. The SMILES string of the molecule is C=C(C)C(=O)ONO. The molecule has 0 rings (SSSR count). The maximum Gasteiger partial charge on any atom is 0.354 e. The summed E-state index contributed by atoms with van der Waals surface area (Å²) in [5, 5.41) is 7.75. The zero-order chi connectivity index (χ0) is 6.57. The minimum atomic E-state index is -0.674. The maximum atomic E-state index is 10.2. The van der Waals surface area contributed by atoms with E-state index in [1.807, 2.05) is 0 Å². The summed E-state index contributed by atoms with van der Waals surface area (Å²) in [6, 6.07) is 0. The van der Waals surface area contributed by atoms with Crippen molar-refractivity contribution in [2.75, 3.05) is 0 Å². The fourth-order valence-electron chi connectivity index (χ4n) is 0.129. The molecule has 0 aromatic heterocycles. The van der Waals surface area contributed by atoms with E-state index in [9.17, 15) is 4.79 Å². The Hall–Kier alpha value is -0.870. The van der Waals surface area contributed by atoms with Crippen molar-refractivity contribution in [2.45, 2.75) is 6.92 Å². The van der Waals surface area contributed by atoms with Crippen LogP contribution >= 0.6 is 0 Å². The molecule has 0 saturated carbocycles. The van der Waals surface area contributed by atoms with Crippen LogP contribution in [0, 0.1) is 0 Å². The van der Waals surface area contributed by atoms with Gasteiger partial charge in [0.05, 0.1) is 0 Å². The van der Waals surface area contributed by atoms with Crippen molar-refractivity contribution in [1.82, 2.24) is 5.64 Å². The second kappa shape index (κ2) is 3.17. The van der Waals surface area contributed by atoms with Gasteiger partial charge in [-0.2, -0.15) is 0 Å². The van der Waals surface area contributed by atoms with E-state index in [2.05, 4.69) is 11.4 Å². The van der Waals surface area contributed by atoms with Gasteiger partial charge in [-0.25, -0.2) is 4.79 Å². The highest BCUT2D eigenvalue weighted by atomic mass is 16.9.